The Morgan fingerprint density at radius 2 is 1.74 bits per heavy atom. The number of aliphatic imine (C=N–C) groups is 1. The van der Waals surface area contributed by atoms with E-state index >= 15 is 0 Å². The molecule has 2 N–H and O–H groups in total. The van der Waals surface area contributed by atoms with E-state index in [4.69, 9.17) is 0 Å². The first-order valence-electron chi connectivity index (χ1n) is 8.97. The second-order valence-electron chi connectivity index (χ2n) is 6.60. The molecule has 0 atom stereocenters. The molecule has 6 nitrogen and oxygen atoms in total. The summed E-state index contributed by atoms with van der Waals surface area (Å²) >= 11 is 0. The van der Waals surface area contributed by atoms with Gasteiger partial charge in [-0.2, -0.15) is 0 Å². The number of carbonyl (C=O) groups excluding carboxylic acids is 1. The first kappa shape index (κ1) is 19.7. The van der Waals surface area contributed by atoms with E-state index in [1.54, 1.807) is 0 Å². The lowest BCUT2D eigenvalue weighted by molar-refractivity contribution is -0.123. The minimum atomic E-state index is 0.115. The maximum absolute atomic E-state index is 11.8. The molecular formula is C17H35N5O. The van der Waals surface area contributed by atoms with Crippen molar-refractivity contribution in [3.8, 4) is 0 Å². The van der Waals surface area contributed by atoms with Gasteiger partial charge in [-0.05, 0) is 19.8 Å². The standard InChI is InChI=1S/C17H35N5O/c1-6-15(7-2)12-19-17(18-5)22-10-8-21(9-11-22)13-16(23)20-14(3)4/h14-15H,6-13H2,1-5H3,(H,18,19)(H,20,23). The lowest BCUT2D eigenvalue weighted by Crippen LogP contribution is -2.54. The van der Waals surface area contributed by atoms with Crippen molar-refractivity contribution in [1.29, 1.82) is 0 Å². The van der Waals surface area contributed by atoms with Crippen LogP contribution in [0, 0.1) is 5.92 Å². The van der Waals surface area contributed by atoms with Crippen molar-refractivity contribution in [3.63, 3.8) is 0 Å². The van der Waals surface area contributed by atoms with Gasteiger partial charge in [0.05, 0.1) is 6.54 Å². The number of carbonyl (C=O) groups is 1. The average Bonchev–Trinajstić information content (AvgIpc) is 2.52. The number of rotatable bonds is 7. The van der Waals surface area contributed by atoms with Gasteiger partial charge in [0, 0.05) is 45.8 Å². The van der Waals surface area contributed by atoms with E-state index in [0.717, 1.165) is 38.7 Å². The van der Waals surface area contributed by atoms with Gasteiger partial charge in [-0.1, -0.05) is 26.7 Å². The largest absolute Gasteiger partial charge is 0.356 e. The van der Waals surface area contributed by atoms with Crippen LogP contribution < -0.4 is 10.6 Å². The third-order valence-electron chi connectivity index (χ3n) is 4.40. The highest BCUT2D eigenvalue weighted by Gasteiger charge is 2.21. The molecule has 23 heavy (non-hydrogen) atoms. The highest BCUT2D eigenvalue weighted by Crippen LogP contribution is 2.07. The van der Waals surface area contributed by atoms with Crippen LogP contribution in [0.15, 0.2) is 4.99 Å². The smallest absolute Gasteiger partial charge is 0.234 e. The van der Waals surface area contributed by atoms with Crippen molar-refractivity contribution in [2.24, 2.45) is 10.9 Å². The number of nitrogens with one attached hydrogen (secondary N) is 2. The lowest BCUT2D eigenvalue weighted by atomic mass is 10.0. The summed E-state index contributed by atoms with van der Waals surface area (Å²) in [5.74, 6) is 1.81. The average molecular weight is 326 g/mol. The zero-order valence-electron chi connectivity index (χ0n) is 15.6. The van der Waals surface area contributed by atoms with Crippen LogP contribution in [0.2, 0.25) is 0 Å². The monoisotopic (exact) mass is 325 g/mol. The Hall–Kier alpha value is -1.30. The first-order valence-corrected chi connectivity index (χ1v) is 8.97. The number of nitrogens with zero attached hydrogens (tertiary/aromatic N) is 3. The zero-order chi connectivity index (χ0) is 17.2. The third kappa shape index (κ3) is 7.20. The Labute approximate surface area is 141 Å². The highest BCUT2D eigenvalue weighted by molar-refractivity contribution is 5.80. The second kappa shape index (κ2) is 10.5. The predicted molar refractivity (Wildman–Crippen MR) is 96.7 cm³/mol. The van der Waals surface area contributed by atoms with E-state index in [1.165, 1.54) is 12.8 Å². The molecule has 0 spiro atoms. The molecule has 0 aromatic rings. The maximum atomic E-state index is 11.8. The lowest BCUT2D eigenvalue weighted by Gasteiger charge is -2.36. The van der Waals surface area contributed by atoms with E-state index in [-0.39, 0.29) is 11.9 Å². The molecule has 0 aromatic heterocycles. The van der Waals surface area contributed by atoms with Gasteiger partial charge >= 0.3 is 0 Å². The normalized spacial score (nSPS) is 17.0. The molecular weight excluding hydrogens is 290 g/mol. The molecule has 0 aromatic carbocycles. The SMILES string of the molecule is CCC(CC)CNC(=NC)N1CCN(CC(=O)NC(C)C)CC1. The van der Waals surface area contributed by atoms with Crippen LogP contribution in [-0.4, -0.2) is 74.0 Å². The quantitative estimate of drug-likeness (QED) is 0.544. The molecule has 1 aliphatic rings. The van der Waals surface area contributed by atoms with Gasteiger partial charge in [-0.25, -0.2) is 0 Å². The Balaban J connectivity index is 2.37. The van der Waals surface area contributed by atoms with Crippen LogP contribution in [0.25, 0.3) is 0 Å². The topological polar surface area (TPSA) is 60.0 Å². The Kier molecular flexibility index (Phi) is 8.99. The van der Waals surface area contributed by atoms with Crippen molar-refractivity contribution >= 4 is 11.9 Å². The zero-order valence-corrected chi connectivity index (χ0v) is 15.6. The van der Waals surface area contributed by atoms with Crippen molar-refractivity contribution < 1.29 is 4.79 Å². The Bertz CT molecular complexity index is 371. The minimum absolute atomic E-state index is 0.115. The Morgan fingerprint density at radius 3 is 2.22 bits per heavy atom. The second-order valence-corrected chi connectivity index (χ2v) is 6.60. The van der Waals surface area contributed by atoms with Crippen molar-refractivity contribution in [2.45, 2.75) is 46.6 Å². The predicted octanol–water partition coefficient (Wildman–Crippen LogP) is 1.14. The first-order chi connectivity index (χ1) is 11.0. The molecule has 0 saturated carbocycles. The molecule has 1 aliphatic heterocycles. The van der Waals surface area contributed by atoms with Crippen molar-refractivity contribution in [3.05, 3.63) is 0 Å². The van der Waals surface area contributed by atoms with Crippen LogP contribution >= 0.6 is 0 Å². The summed E-state index contributed by atoms with van der Waals surface area (Å²) in [5.41, 5.74) is 0. The number of piperazine rings is 1. The van der Waals surface area contributed by atoms with Gasteiger partial charge in [0.15, 0.2) is 5.96 Å². The van der Waals surface area contributed by atoms with Crippen LogP contribution in [-0.2, 0) is 4.79 Å². The number of amides is 1. The van der Waals surface area contributed by atoms with Crippen molar-refractivity contribution in [1.82, 2.24) is 20.4 Å². The summed E-state index contributed by atoms with van der Waals surface area (Å²) in [7, 11) is 1.84. The summed E-state index contributed by atoms with van der Waals surface area (Å²) in [5, 5.41) is 6.45. The van der Waals surface area contributed by atoms with E-state index in [2.05, 4.69) is 39.3 Å². The molecule has 134 valence electrons. The molecule has 1 amide bonds. The van der Waals surface area contributed by atoms with Gasteiger partial charge in [0.25, 0.3) is 0 Å². The van der Waals surface area contributed by atoms with Gasteiger partial charge in [-0.3, -0.25) is 14.7 Å². The molecule has 1 saturated heterocycles. The fourth-order valence-electron chi connectivity index (χ4n) is 2.83. The fraction of sp³-hybridized carbons (Fsp3) is 0.882. The third-order valence-corrected chi connectivity index (χ3v) is 4.40. The number of hydrogen-bond acceptors (Lipinski definition) is 3. The maximum Gasteiger partial charge on any atom is 0.234 e. The molecule has 1 rings (SSSR count). The minimum Gasteiger partial charge on any atom is -0.356 e. The van der Waals surface area contributed by atoms with E-state index in [9.17, 15) is 4.79 Å². The fourth-order valence-corrected chi connectivity index (χ4v) is 2.83. The molecule has 1 heterocycles. The van der Waals surface area contributed by atoms with Gasteiger partial charge in [0.2, 0.25) is 5.91 Å². The van der Waals surface area contributed by atoms with Gasteiger partial charge in [0.1, 0.15) is 0 Å². The van der Waals surface area contributed by atoms with Crippen LogP contribution in [0.1, 0.15) is 40.5 Å². The van der Waals surface area contributed by atoms with Gasteiger partial charge in [-0.15, -0.1) is 0 Å². The molecule has 6 heteroatoms. The van der Waals surface area contributed by atoms with Gasteiger partial charge < -0.3 is 15.5 Å². The van der Waals surface area contributed by atoms with E-state index in [1.807, 2.05) is 20.9 Å². The molecule has 0 aliphatic carbocycles. The summed E-state index contributed by atoms with van der Waals surface area (Å²) in [6, 6.07) is 0.205. The highest BCUT2D eigenvalue weighted by atomic mass is 16.2. The summed E-state index contributed by atoms with van der Waals surface area (Å²) < 4.78 is 0. The van der Waals surface area contributed by atoms with Crippen LogP contribution in [0.3, 0.4) is 0 Å². The summed E-state index contributed by atoms with van der Waals surface area (Å²) in [4.78, 5) is 20.7. The van der Waals surface area contributed by atoms with Crippen LogP contribution in [0.5, 0.6) is 0 Å². The van der Waals surface area contributed by atoms with Crippen molar-refractivity contribution in [2.75, 3.05) is 46.3 Å². The van der Waals surface area contributed by atoms with E-state index in [0.29, 0.717) is 12.5 Å². The number of hydrogen-bond donors (Lipinski definition) is 2. The molecule has 0 radical (unpaired) electrons. The molecule has 1 fully saturated rings. The number of guanidine groups is 1. The molecule has 0 bridgehead atoms. The van der Waals surface area contributed by atoms with Crippen LogP contribution in [0.4, 0.5) is 0 Å². The summed E-state index contributed by atoms with van der Waals surface area (Å²) in [6.07, 6.45) is 2.39. The summed E-state index contributed by atoms with van der Waals surface area (Å²) in [6.45, 7) is 13.6. The molecule has 0 unspecified atom stereocenters. The van der Waals surface area contributed by atoms with E-state index < -0.39 is 0 Å². The Morgan fingerprint density at radius 1 is 1.13 bits per heavy atom.